The van der Waals surface area contributed by atoms with E-state index in [0.717, 1.165) is 0 Å². The number of nitro groups is 1. The van der Waals surface area contributed by atoms with Crippen LogP contribution in [0, 0.1) is 28.9 Å². The summed E-state index contributed by atoms with van der Waals surface area (Å²) in [6.07, 6.45) is -1.06. The van der Waals surface area contributed by atoms with Crippen LogP contribution >= 0.6 is 23.2 Å². The number of rotatable bonds is 6. The Morgan fingerprint density at radius 1 is 0.968 bits per heavy atom. The van der Waals surface area contributed by atoms with Gasteiger partial charge in [0.25, 0.3) is 10.6 Å². The maximum Gasteiger partial charge on any atom is 0.436 e. The minimum atomic E-state index is -1.06. The molecule has 2 rings (SSSR count). The molecule has 0 atom stereocenters. The SMILES string of the molecule is Cc1cc([N+](=O)[O-])c(NOC(=O)Nc2cc(Cl)c(C)cc2[N+](=O)OC(C)(C)C)cc1Cl. The van der Waals surface area contributed by atoms with Gasteiger partial charge in [0.1, 0.15) is 5.69 Å². The summed E-state index contributed by atoms with van der Waals surface area (Å²) in [5.74, 6) is 0. The molecule has 12 heteroatoms. The van der Waals surface area contributed by atoms with Crippen LogP contribution in [0.3, 0.4) is 0 Å². The first-order valence-corrected chi connectivity index (χ1v) is 9.69. The first-order chi connectivity index (χ1) is 14.3. The van der Waals surface area contributed by atoms with Crippen LogP contribution in [0.15, 0.2) is 24.3 Å². The van der Waals surface area contributed by atoms with E-state index in [1.54, 1.807) is 34.6 Å². The predicted molar refractivity (Wildman–Crippen MR) is 117 cm³/mol. The fraction of sp³-hybridized carbons (Fsp3) is 0.316. The van der Waals surface area contributed by atoms with E-state index in [2.05, 4.69) is 10.8 Å². The zero-order chi connectivity index (χ0) is 23.5. The highest BCUT2D eigenvalue weighted by molar-refractivity contribution is 6.32. The van der Waals surface area contributed by atoms with Crippen LogP contribution in [0.25, 0.3) is 0 Å². The van der Waals surface area contributed by atoms with E-state index in [4.69, 9.17) is 32.9 Å². The second-order valence-corrected chi connectivity index (χ2v) is 8.39. The highest BCUT2D eigenvalue weighted by Crippen LogP contribution is 2.33. The number of halogens is 2. The second-order valence-electron chi connectivity index (χ2n) is 7.57. The van der Waals surface area contributed by atoms with Gasteiger partial charge in [-0.15, -0.1) is 0 Å². The lowest BCUT2D eigenvalue weighted by Gasteiger charge is -2.13. The molecular weight excluding hydrogens is 451 g/mol. The lowest BCUT2D eigenvalue weighted by Crippen LogP contribution is -2.24. The van der Waals surface area contributed by atoms with Gasteiger partial charge in [0.15, 0.2) is 11.3 Å². The van der Waals surface area contributed by atoms with Crippen LogP contribution in [0.5, 0.6) is 0 Å². The van der Waals surface area contributed by atoms with Crippen molar-refractivity contribution in [3.8, 4) is 0 Å². The number of aryl methyl sites for hydroxylation is 2. The molecule has 0 heterocycles. The third kappa shape index (κ3) is 6.43. The van der Waals surface area contributed by atoms with Gasteiger partial charge in [-0.25, -0.2) is 15.1 Å². The summed E-state index contributed by atoms with van der Waals surface area (Å²) in [5.41, 5.74) is 2.01. The van der Waals surface area contributed by atoms with Gasteiger partial charge in [0.05, 0.1) is 9.83 Å². The van der Waals surface area contributed by atoms with Crippen molar-refractivity contribution < 1.29 is 24.3 Å². The monoisotopic (exact) mass is 471 g/mol. The van der Waals surface area contributed by atoms with Crippen LogP contribution in [-0.2, 0) is 9.68 Å². The van der Waals surface area contributed by atoms with E-state index < -0.39 is 16.6 Å². The summed E-state index contributed by atoms with van der Waals surface area (Å²) >= 11 is 12.1. The van der Waals surface area contributed by atoms with Crippen molar-refractivity contribution in [1.82, 2.24) is 0 Å². The van der Waals surface area contributed by atoms with Gasteiger partial charge in [0, 0.05) is 22.2 Å². The second kappa shape index (κ2) is 9.36. The number of nitro benzene ring substituents is 1. The van der Waals surface area contributed by atoms with E-state index in [1.165, 1.54) is 24.3 Å². The van der Waals surface area contributed by atoms with Gasteiger partial charge in [-0.1, -0.05) is 23.2 Å². The number of carbonyl (C=O) groups is 1. The number of anilines is 2. The summed E-state index contributed by atoms with van der Waals surface area (Å²) < 4.78 is 0. The fourth-order valence-corrected chi connectivity index (χ4v) is 2.68. The normalized spacial score (nSPS) is 10.9. The molecule has 0 aliphatic carbocycles. The van der Waals surface area contributed by atoms with Crippen LogP contribution in [-0.4, -0.2) is 21.5 Å². The van der Waals surface area contributed by atoms with Crippen molar-refractivity contribution in [2.75, 3.05) is 10.8 Å². The minimum Gasteiger partial charge on any atom is -0.324 e. The number of carbonyl (C=O) groups excluding carboxylic acids is 1. The molecule has 10 nitrogen and oxygen atoms in total. The van der Waals surface area contributed by atoms with Crippen molar-refractivity contribution in [2.45, 2.75) is 40.2 Å². The van der Waals surface area contributed by atoms with Gasteiger partial charge < -0.3 is 4.84 Å². The summed E-state index contributed by atoms with van der Waals surface area (Å²) in [6, 6.07) is 5.29. The zero-order valence-corrected chi connectivity index (χ0v) is 18.9. The number of hydrogen-bond donors (Lipinski definition) is 2. The number of nitrogens with zero attached hydrogens (tertiary/aromatic N) is 2. The molecule has 1 amide bonds. The third-order valence-corrected chi connectivity index (χ3v) is 4.61. The van der Waals surface area contributed by atoms with Crippen LogP contribution < -0.4 is 10.8 Å². The number of amides is 1. The largest absolute Gasteiger partial charge is 0.436 e. The first-order valence-electron chi connectivity index (χ1n) is 8.93. The van der Waals surface area contributed by atoms with Crippen LogP contribution in [0.1, 0.15) is 31.9 Å². The Kier molecular flexibility index (Phi) is 7.29. The number of hydrogen-bond acceptors (Lipinski definition) is 7. The summed E-state index contributed by atoms with van der Waals surface area (Å²) in [5, 5.41) is 14.1. The molecule has 2 aromatic carbocycles. The molecule has 0 saturated heterocycles. The number of benzene rings is 2. The van der Waals surface area contributed by atoms with Gasteiger partial charge in [-0.2, -0.15) is 0 Å². The average Bonchev–Trinajstić information content (AvgIpc) is 2.63. The van der Waals surface area contributed by atoms with Gasteiger partial charge in [0.2, 0.25) is 0 Å². The standard InChI is InChI=1S/C19H20Cl2N4O6/c1-10-6-16(24(27)28)15(9-13(10)21)23-30-18(26)22-14-8-12(20)11(2)7-17(14)25(29)31-19(3,4)5/h6-9,23H,1-5H3/p+1. The van der Waals surface area contributed by atoms with E-state index in [-0.39, 0.29) is 37.7 Å². The molecule has 2 aromatic rings. The van der Waals surface area contributed by atoms with Crippen molar-refractivity contribution in [3.05, 3.63) is 60.5 Å². The first kappa shape index (κ1) is 24.2. The van der Waals surface area contributed by atoms with Crippen molar-refractivity contribution in [2.24, 2.45) is 0 Å². The average molecular weight is 472 g/mol. The lowest BCUT2D eigenvalue weighted by molar-refractivity contribution is -0.765. The zero-order valence-electron chi connectivity index (χ0n) is 17.4. The van der Waals surface area contributed by atoms with Crippen molar-refractivity contribution in [1.29, 1.82) is 0 Å². The topological polar surface area (TPSA) is 123 Å². The summed E-state index contributed by atoms with van der Waals surface area (Å²) in [7, 11) is 0. The molecule has 0 saturated carbocycles. The summed E-state index contributed by atoms with van der Waals surface area (Å²) in [6.45, 7) is 8.34. The van der Waals surface area contributed by atoms with E-state index >= 15 is 0 Å². The highest BCUT2D eigenvalue weighted by atomic mass is 35.5. The van der Waals surface area contributed by atoms with Crippen molar-refractivity contribution in [3.63, 3.8) is 0 Å². The molecule has 0 aromatic heterocycles. The Labute approximate surface area is 188 Å². The predicted octanol–water partition coefficient (Wildman–Crippen LogP) is 6.23. The third-order valence-electron chi connectivity index (χ3n) is 3.79. The van der Waals surface area contributed by atoms with Gasteiger partial charge in [-0.05, 0) is 57.9 Å². The highest BCUT2D eigenvalue weighted by Gasteiger charge is 2.30. The molecule has 0 spiro atoms. The molecular formula is C19H21Cl2N4O6+. The lowest BCUT2D eigenvalue weighted by atomic mass is 10.2. The Balaban J connectivity index is 2.23. The maximum atomic E-state index is 12.4. The molecule has 0 aliphatic heterocycles. The van der Waals surface area contributed by atoms with Gasteiger partial charge in [-0.3, -0.25) is 15.4 Å². The molecule has 0 aliphatic rings. The summed E-state index contributed by atoms with van der Waals surface area (Å²) in [4.78, 5) is 45.7. The Bertz CT molecular complexity index is 1050. The quantitative estimate of drug-likeness (QED) is 0.377. The minimum absolute atomic E-state index is 0.0121. The smallest absolute Gasteiger partial charge is 0.324 e. The molecule has 0 bridgehead atoms. The molecule has 0 unspecified atom stereocenters. The van der Waals surface area contributed by atoms with Gasteiger partial charge >= 0.3 is 11.8 Å². The van der Waals surface area contributed by atoms with Crippen molar-refractivity contribution >= 4 is 52.0 Å². The molecule has 0 radical (unpaired) electrons. The Morgan fingerprint density at radius 3 is 2.00 bits per heavy atom. The maximum absolute atomic E-state index is 12.4. The van der Waals surface area contributed by atoms with E-state index in [9.17, 15) is 19.8 Å². The van der Waals surface area contributed by atoms with Crippen LogP contribution in [0.4, 0.5) is 27.5 Å². The Hall–Kier alpha value is -3.11. The number of nitrogens with one attached hydrogen (secondary N) is 2. The Morgan fingerprint density at radius 2 is 1.48 bits per heavy atom. The molecule has 2 N–H and O–H groups in total. The van der Waals surface area contributed by atoms with E-state index in [1.807, 2.05) is 0 Å². The molecule has 31 heavy (non-hydrogen) atoms. The molecule has 166 valence electrons. The fourth-order valence-electron chi connectivity index (χ4n) is 2.35. The van der Waals surface area contributed by atoms with Crippen LogP contribution in [0.2, 0.25) is 10.0 Å². The van der Waals surface area contributed by atoms with E-state index in [0.29, 0.717) is 11.1 Å². The molecule has 0 fully saturated rings.